The molecule has 0 spiro atoms. The van der Waals surface area contributed by atoms with Crippen molar-refractivity contribution in [2.24, 2.45) is 5.92 Å². The third-order valence-electron chi connectivity index (χ3n) is 6.09. The van der Waals surface area contributed by atoms with Crippen molar-refractivity contribution in [1.29, 1.82) is 0 Å². The number of carbonyl (C=O) groups excluding carboxylic acids is 1. The minimum Gasteiger partial charge on any atom is -0.373 e. The number of aromatic nitrogens is 2. The van der Waals surface area contributed by atoms with Gasteiger partial charge in [-0.3, -0.25) is 9.59 Å². The average molecular weight is 525 g/mol. The molecule has 0 unspecified atom stereocenters. The van der Waals surface area contributed by atoms with Crippen LogP contribution < -0.4 is 10.9 Å². The molecule has 0 bridgehead atoms. The number of benzene rings is 2. The standard InChI is InChI=1S/C25H21F6N3O3/c1-12-20(27)24(36)34-22(33-12)19-18(25(29,30)31)6-5-14(21(19)28)10-32-23(35)15-8-17(9-15)37-11-13-3-2-4-16(26)7-13/h2-7,15,17H,8-11H2,1H3,(H,32,35)(H,33,34,36)/t15-,17-. The van der Waals surface area contributed by atoms with E-state index in [2.05, 4.69) is 10.3 Å². The average Bonchev–Trinajstić information content (AvgIpc) is 2.79. The Morgan fingerprint density at radius 1 is 1.14 bits per heavy atom. The number of H-pyrrole nitrogens is 1. The Balaban J connectivity index is 1.43. The monoisotopic (exact) mass is 525 g/mol. The van der Waals surface area contributed by atoms with E-state index in [4.69, 9.17) is 4.74 Å². The van der Waals surface area contributed by atoms with Crippen LogP contribution in [0.15, 0.2) is 41.2 Å². The first-order valence-corrected chi connectivity index (χ1v) is 11.2. The Kier molecular flexibility index (Phi) is 7.39. The maximum atomic E-state index is 15.3. The first-order chi connectivity index (χ1) is 17.4. The number of alkyl halides is 3. The summed E-state index contributed by atoms with van der Waals surface area (Å²) in [6.07, 6.45) is -4.47. The molecule has 0 atom stereocenters. The Morgan fingerprint density at radius 2 is 1.86 bits per heavy atom. The van der Waals surface area contributed by atoms with Crippen molar-refractivity contribution in [2.75, 3.05) is 0 Å². The number of ether oxygens (including phenoxy) is 1. The summed E-state index contributed by atoms with van der Waals surface area (Å²) in [5.41, 5.74) is -3.93. The van der Waals surface area contributed by atoms with Crippen molar-refractivity contribution in [1.82, 2.24) is 15.3 Å². The van der Waals surface area contributed by atoms with Crippen molar-refractivity contribution in [3.63, 3.8) is 0 Å². The van der Waals surface area contributed by atoms with E-state index < -0.39 is 64.4 Å². The van der Waals surface area contributed by atoms with Crippen molar-refractivity contribution < 1.29 is 35.9 Å². The van der Waals surface area contributed by atoms with Crippen LogP contribution >= 0.6 is 0 Å². The lowest BCUT2D eigenvalue weighted by atomic mass is 9.81. The topological polar surface area (TPSA) is 84.1 Å². The van der Waals surface area contributed by atoms with Crippen LogP contribution in [-0.2, 0) is 28.9 Å². The molecule has 6 nitrogen and oxygen atoms in total. The number of halogens is 6. The summed E-state index contributed by atoms with van der Waals surface area (Å²) in [6, 6.07) is 7.40. The summed E-state index contributed by atoms with van der Waals surface area (Å²) in [5, 5.41) is 2.49. The maximum Gasteiger partial charge on any atom is 0.417 e. The van der Waals surface area contributed by atoms with Crippen molar-refractivity contribution in [3.05, 3.63) is 86.6 Å². The summed E-state index contributed by atoms with van der Waals surface area (Å²) in [5.74, 6) is -4.68. The number of hydrogen-bond acceptors (Lipinski definition) is 4. The highest BCUT2D eigenvalue weighted by Gasteiger charge is 2.38. The van der Waals surface area contributed by atoms with Gasteiger partial charge in [-0.05, 0) is 43.5 Å². The number of amides is 1. The fourth-order valence-electron chi connectivity index (χ4n) is 4.00. The molecule has 37 heavy (non-hydrogen) atoms. The van der Waals surface area contributed by atoms with Crippen molar-refractivity contribution >= 4 is 5.91 Å². The molecule has 1 aromatic heterocycles. The highest BCUT2D eigenvalue weighted by Crippen LogP contribution is 2.38. The van der Waals surface area contributed by atoms with Crippen LogP contribution in [0.3, 0.4) is 0 Å². The van der Waals surface area contributed by atoms with Crippen LogP contribution in [0.4, 0.5) is 26.3 Å². The summed E-state index contributed by atoms with van der Waals surface area (Å²) in [6.45, 7) is 0.817. The fraction of sp³-hybridized carbons (Fsp3) is 0.320. The van der Waals surface area contributed by atoms with E-state index in [0.717, 1.165) is 13.0 Å². The van der Waals surface area contributed by atoms with E-state index in [1.807, 2.05) is 4.98 Å². The van der Waals surface area contributed by atoms with Gasteiger partial charge in [-0.1, -0.05) is 18.2 Å². The second-order valence-corrected chi connectivity index (χ2v) is 8.72. The van der Waals surface area contributed by atoms with Gasteiger partial charge in [-0.15, -0.1) is 0 Å². The molecular weight excluding hydrogens is 504 g/mol. The van der Waals surface area contributed by atoms with E-state index in [0.29, 0.717) is 24.5 Å². The molecule has 1 fully saturated rings. The molecule has 196 valence electrons. The van der Waals surface area contributed by atoms with Gasteiger partial charge in [-0.2, -0.15) is 17.6 Å². The first-order valence-electron chi connectivity index (χ1n) is 11.2. The van der Waals surface area contributed by atoms with Gasteiger partial charge in [0, 0.05) is 18.0 Å². The molecule has 1 heterocycles. The molecule has 1 saturated carbocycles. The smallest absolute Gasteiger partial charge is 0.373 e. The van der Waals surface area contributed by atoms with Crippen LogP contribution in [0.5, 0.6) is 0 Å². The molecule has 0 radical (unpaired) electrons. The number of nitrogens with zero attached hydrogens (tertiary/aromatic N) is 1. The molecule has 2 aromatic carbocycles. The zero-order valence-corrected chi connectivity index (χ0v) is 19.4. The third kappa shape index (κ3) is 5.85. The van der Waals surface area contributed by atoms with E-state index in [1.54, 1.807) is 12.1 Å². The van der Waals surface area contributed by atoms with E-state index >= 15 is 4.39 Å². The molecule has 1 amide bonds. The SMILES string of the molecule is Cc1nc(-c2c(C(F)(F)F)ccc(CNC(=O)[C@H]3C[C@H](OCc4cccc(F)c4)C3)c2F)[nH]c(=O)c1F. The lowest BCUT2D eigenvalue weighted by molar-refractivity contribution is -0.137. The van der Waals surface area contributed by atoms with E-state index in [1.165, 1.54) is 12.1 Å². The minimum atomic E-state index is -4.99. The quantitative estimate of drug-likeness (QED) is 0.435. The zero-order chi connectivity index (χ0) is 26.9. The molecule has 12 heteroatoms. The number of hydrogen-bond donors (Lipinski definition) is 2. The molecule has 0 saturated heterocycles. The third-order valence-corrected chi connectivity index (χ3v) is 6.09. The minimum absolute atomic E-state index is 0.176. The molecule has 4 rings (SSSR count). The van der Waals surface area contributed by atoms with Crippen LogP contribution in [0, 0.1) is 30.3 Å². The van der Waals surface area contributed by atoms with Gasteiger partial charge in [0.1, 0.15) is 17.5 Å². The number of carbonyl (C=O) groups is 1. The summed E-state index contributed by atoms with van der Waals surface area (Å²) >= 11 is 0. The first kappa shape index (κ1) is 26.4. The lowest BCUT2D eigenvalue weighted by Gasteiger charge is -2.34. The number of rotatable bonds is 7. The van der Waals surface area contributed by atoms with Crippen LogP contribution in [-0.4, -0.2) is 22.0 Å². The lowest BCUT2D eigenvalue weighted by Crippen LogP contribution is -2.42. The van der Waals surface area contributed by atoms with Gasteiger partial charge in [0.25, 0.3) is 5.56 Å². The summed E-state index contributed by atoms with van der Waals surface area (Å²) in [4.78, 5) is 29.6. The zero-order valence-electron chi connectivity index (χ0n) is 19.4. The van der Waals surface area contributed by atoms with Crippen LogP contribution in [0.1, 0.15) is 35.2 Å². The predicted octanol–water partition coefficient (Wildman–Crippen LogP) is 4.79. The van der Waals surface area contributed by atoms with Crippen molar-refractivity contribution in [2.45, 2.75) is 45.2 Å². The van der Waals surface area contributed by atoms with Crippen LogP contribution in [0.25, 0.3) is 11.4 Å². The molecule has 1 aliphatic rings. The number of aryl methyl sites for hydroxylation is 1. The second kappa shape index (κ2) is 10.4. The highest BCUT2D eigenvalue weighted by molar-refractivity contribution is 5.79. The predicted molar refractivity (Wildman–Crippen MR) is 119 cm³/mol. The van der Waals surface area contributed by atoms with Gasteiger partial charge in [0.05, 0.1) is 29.5 Å². The molecular formula is C25H21F6N3O3. The van der Waals surface area contributed by atoms with Gasteiger partial charge < -0.3 is 15.0 Å². The molecule has 0 aliphatic heterocycles. The van der Waals surface area contributed by atoms with Crippen LogP contribution in [0.2, 0.25) is 0 Å². The Hall–Kier alpha value is -3.67. The number of nitrogens with one attached hydrogen (secondary N) is 2. The Morgan fingerprint density at radius 3 is 2.51 bits per heavy atom. The molecule has 1 aliphatic carbocycles. The maximum absolute atomic E-state index is 15.3. The largest absolute Gasteiger partial charge is 0.417 e. The second-order valence-electron chi connectivity index (χ2n) is 8.72. The molecule has 3 aromatic rings. The summed E-state index contributed by atoms with van der Waals surface area (Å²) < 4.78 is 88.5. The van der Waals surface area contributed by atoms with Gasteiger partial charge in [-0.25, -0.2) is 13.8 Å². The highest BCUT2D eigenvalue weighted by atomic mass is 19.4. The fourth-order valence-corrected chi connectivity index (χ4v) is 4.00. The van der Waals surface area contributed by atoms with E-state index in [9.17, 15) is 31.5 Å². The van der Waals surface area contributed by atoms with Gasteiger partial charge in [0.15, 0.2) is 0 Å². The Labute approximate surface area is 206 Å². The van der Waals surface area contributed by atoms with Gasteiger partial charge >= 0.3 is 6.18 Å². The molecule has 2 N–H and O–H groups in total. The Bertz CT molecular complexity index is 1380. The number of aromatic amines is 1. The van der Waals surface area contributed by atoms with Crippen molar-refractivity contribution in [3.8, 4) is 11.4 Å². The normalized spacial score (nSPS) is 17.4. The van der Waals surface area contributed by atoms with E-state index in [-0.39, 0.29) is 24.1 Å². The summed E-state index contributed by atoms with van der Waals surface area (Å²) in [7, 11) is 0. The van der Waals surface area contributed by atoms with Gasteiger partial charge in [0.2, 0.25) is 11.7 Å².